The van der Waals surface area contributed by atoms with E-state index in [4.69, 9.17) is 4.42 Å². The first-order valence-electron chi connectivity index (χ1n) is 7.97. The van der Waals surface area contributed by atoms with Crippen LogP contribution in [0, 0.1) is 0 Å². The van der Waals surface area contributed by atoms with E-state index in [1.807, 2.05) is 43.3 Å². The summed E-state index contributed by atoms with van der Waals surface area (Å²) in [7, 11) is 0. The molecule has 0 aliphatic carbocycles. The van der Waals surface area contributed by atoms with E-state index in [0.717, 1.165) is 28.8 Å². The minimum atomic E-state index is -0.848. The van der Waals surface area contributed by atoms with E-state index < -0.39 is 5.60 Å². The summed E-state index contributed by atoms with van der Waals surface area (Å²) < 4.78 is 5.41. The highest BCUT2D eigenvalue weighted by atomic mass is 16.3. The first kappa shape index (κ1) is 16.2. The minimum Gasteiger partial charge on any atom is -0.461 e. The van der Waals surface area contributed by atoms with Crippen molar-refractivity contribution in [3.8, 4) is 11.6 Å². The molecule has 0 fully saturated rings. The summed E-state index contributed by atoms with van der Waals surface area (Å²) in [6.45, 7) is 6.27. The van der Waals surface area contributed by atoms with Crippen LogP contribution in [0.25, 0.3) is 28.6 Å². The topological polar surface area (TPSA) is 71.2 Å². The highest BCUT2D eigenvalue weighted by Crippen LogP contribution is 2.26. The van der Waals surface area contributed by atoms with Gasteiger partial charge in [0.05, 0.1) is 17.4 Å². The van der Waals surface area contributed by atoms with Crippen molar-refractivity contribution in [1.82, 2.24) is 9.97 Å². The maximum Gasteiger partial charge on any atom is 0.198 e. The van der Waals surface area contributed by atoms with Gasteiger partial charge in [0.25, 0.3) is 0 Å². The molecule has 5 nitrogen and oxygen atoms in total. The van der Waals surface area contributed by atoms with Crippen LogP contribution in [0.2, 0.25) is 0 Å². The number of nitrogens with zero attached hydrogens (tertiary/aromatic N) is 2. The van der Waals surface area contributed by atoms with Gasteiger partial charge < -0.3 is 14.8 Å². The summed E-state index contributed by atoms with van der Waals surface area (Å²) in [6.07, 6.45) is 5.27. The van der Waals surface area contributed by atoms with Gasteiger partial charge in [-0.15, -0.1) is 0 Å². The van der Waals surface area contributed by atoms with Crippen LogP contribution >= 0.6 is 0 Å². The molecule has 1 aromatic carbocycles. The summed E-state index contributed by atoms with van der Waals surface area (Å²) in [5.41, 5.74) is 0.977. The Labute approximate surface area is 141 Å². The van der Waals surface area contributed by atoms with Gasteiger partial charge >= 0.3 is 0 Å². The average Bonchev–Trinajstić information content (AvgIpc) is 3.07. The van der Waals surface area contributed by atoms with Crippen LogP contribution in [0.5, 0.6) is 0 Å². The monoisotopic (exact) mass is 323 g/mol. The van der Waals surface area contributed by atoms with Gasteiger partial charge in [-0.3, -0.25) is 0 Å². The Hall–Kier alpha value is -2.66. The zero-order valence-corrected chi connectivity index (χ0v) is 14.1. The van der Waals surface area contributed by atoms with E-state index in [1.54, 1.807) is 26.2 Å². The molecule has 0 radical (unpaired) electrons. The van der Waals surface area contributed by atoms with Crippen LogP contribution in [-0.4, -0.2) is 27.2 Å². The molecule has 3 aromatic rings. The molecule has 0 spiro atoms. The van der Waals surface area contributed by atoms with Gasteiger partial charge in [0.1, 0.15) is 5.82 Å². The SMILES string of the molecule is CCNc1nc(-c2ccco2)nc2ccc(/C=C/C(C)(C)O)cc12. The van der Waals surface area contributed by atoms with Crippen LogP contribution in [0.4, 0.5) is 5.82 Å². The Kier molecular flexibility index (Phi) is 4.36. The maximum absolute atomic E-state index is 9.84. The third kappa shape index (κ3) is 3.63. The van der Waals surface area contributed by atoms with E-state index in [-0.39, 0.29) is 0 Å². The number of nitrogens with one attached hydrogen (secondary N) is 1. The summed E-state index contributed by atoms with van der Waals surface area (Å²) in [5.74, 6) is 1.97. The zero-order chi connectivity index (χ0) is 17.2. The summed E-state index contributed by atoms with van der Waals surface area (Å²) in [6, 6.07) is 9.60. The number of anilines is 1. The lowest BCUT2D eigenvalue weighted by molar-refractivity contribution is 0.134. The molecule has 5 heteroatoms. The van der Waals surface area contributed by atoms with Crippen LogP contribution < -0.4 is 5.32 Å². The highest BCUT2D eigenvalue weighted by molar-refractivity contribution is 5.92. The fourth-order valence-electron chi connectivity index (χ4n) is 2.37. The fourth-order valence-corrected chi connectivity index (χ4v) is 2.37. The number of hydrogen-bond donors (Lipinski definition) is 2. The minimum absolute atomic E-state index is 0.559. The van der Waals surface area contributed by atoms with Crippen molar-refractivity contribution in [2.45, 2.75) is 26.4 Å². The van der Waals surface area contributed by atoms with Gasteiger partial charge in [0, 0.05) is 11.9 Å². The number of furan rings is 1. The van der Waals surface area contributed by atoms with Crippen LogP contribution in [0.3, 0.4) is 0 Å². The van der Waals surface area contributed by atoms with E-state index in [0.29, 0.717) is 11.6 Å². The van der Waals surface area contributed by atoms with Gasteiger partial charge in [-0.05, 0) is 50.6 Å². The zero-order valence-electron chi connectivity index (χ0n) is 14.1. The largest absolute Gasteiger partial charge is 0.461 e. The first-order valence-corrected chi connectivity index (χ1v) is 7.97. The molecule has 0 amide bonds. The second-order valence-electron chi connectivity index (χ2n) is 6.17. The molecule has 0 saturated carbocycles. The fraction of sp³-hybridized carbons (Fsp3) is 0.263. The molecule has 124 valence electrons. The van der Waals surface area contributed by atoms with Crippen molar-refractivity contribution >= 4 is 22.8 Å². The third-order valence-electron chi connectivity index (χ3n) is 3.49. The molecule has 2 N–H and O–H groups in total. The van der Waals surface area contributed by atoms with Crippen LogP contribution in [0.1, 0.15) is 26.3 Å². The van der Waals surface area contributed by atoms with Crippen molar-refractivity contribution in [2.24, 2.45) is 0 Å². The molecule has 24 heavy (non-hydrogen) atoms. The van der Waals surface area contributed by atoms with E-state index in [2.05, 4.69) is 15.3 Å². The molecular formula is C19H21N3O2. The van der Waals surface area contributed by atoms with E-state index in [1.165, 1.54) is 0 Å². The number of rotatable bonds is 5. The van der Waals surface area contributed by atoms with Crippen LogP contribution in [-0.2, 0) is 0 Å². The lowest BCUT2D eigenvalue weighted by atomic mass is 10.1. The standard InChI is InChI=1S/C19H21N3O2/c1-4-20-17-14-12-13(9-10-19(2,3)23)7-8-15(14)21-18(22-17)16-6-5-11-24-16/h5-12,23H,4H2,1-3H3,(H,20,21,22)/b10-9+. The van der Waals surface area contributed by atoms with Crippen molar-refractivity contribution in [3.05, 3.63) is 48.2 Å². The molecular weight excluding hydrogens is 302 g/mol. The number of fused-ring (bicyclic) bond motifs is 1. The lowest BCUT2D eigenvalue weighted by Crippen LogP contribution is -2.13. The molecule has 0 unspecified atom stereocenters. The molecule has 0 aliphatic rings. The Morgan fingerprint density at radius 3 is 2.75 bits per heavy atom. The Balaban J connectivity index is 2.10. The van der Waals surface area contributed by atoms with E-state index >= 15 is 0 Å². The third-order valence-corrected chi connectivity index (χ3v) is 3.49. The second kappa shape index (κ2) is 6.45. The van der Waals surface area contributed by atoms with Crippen molar-refractivity contribution in [3.63, 3.8) is 0 Å². The normalized spacial score (nSPS) is 12.2. The van der Waals surface area contributed by atoms with E-state index in [9.17, 15) is 5.11 Å². The quantitative estimate of drug-likeness (QED) is 0.739. The molecule has 2 aromatic heterocycles. The number of benzene rings is 1. The molecule has 0 bridgehead atoms. The predicted octanol–water partition coefficient (Wildman–Crippen LogP) is 4.11. The van der Waals surface area contributed by atoms with Gasteiger partial charge in [-0.1, -0.05) is 18.2 Å². The summed E-state index contributed by atoms with van der Waals surface area (Å²) in [5, 5.41) is 14.1. The second-order valence-corrected chi connectivity index (χ2v) is 6.17. The van der Waals surface area contributed by atoms with Crippen molar-refractivity contribution in [1.29, 1.82) is 0 Å². The number of hydrogen-bond acceptors (Lipinski definition) is 5. The molecule has 0 saturated heterocycles. The molecule has 2 heterocycles. The Morgan fingerprint density at radius 1 is 1.25 bits per heavy atom. The smallest absolute Gasteiger partial charge is 0.198 e. The van der Waals surface area contributed by atoms with Gasteiger partial charge in [0.15, 0.2) is 11.6 Å². The lowest BCUT2D eigenvalue weighted by Gasteiger charge is -2.11. The number of aliphatic hydroxyl groups is 1. The van der Waals surface area contributed by atoms with Gasteiger partial charge in [0.2, 0.25) is 0 Å². The first-order chi connectivity index (χ1) is 11.5. The van der Waals surface area contributed by atoms with Gasteiger partial charge in [-0.2, -0.15) is 0 Å². The summed E-state index contributed by atoms with van der Waals surface area (Å²) in [4.78, 5) is 9.19. The Bertz CT molecular complexity index is 862. The van der Waals surface area contributed by atoms with Crippen molar-refractivity contribution < 1.29 is 9.52 Å². The molecule has 3 rings (SSSR count). The Morgan fingerprint density at radius 2 is 2.08 bits per heavy atom. The van der Waals surface area contributed by atoms with Gasteiger partial charge in [-0.25, -0.2) is 9.97 Å². The molecule has 0 aliphatic heterocycles. The maximum atomic E-state index is 9.84. The number of aromatic nitrogens is 2. The van der Waals surface area contributed by atoms with Crippen LogP contribution in [0.15, 0.2) is 47.1 Å². The average molecular weight is 323 g/mol. The van der Waals surface area contributed by atoms with Crippen molar-refractivity contribution in [2.75, 3.05) is 11.9 Å². The predicted molar refractivity (Wildman–Crippen MR) is 96.7 cm³/mol. The summed E-state index contributed by atoms with van der Waals surface area (Å²) >= 11 is 0. The molecule has 0 atom stereocenters. The highest BCUT2D eigenvalue weighted by Gasteiger charge is 2.12.